The van der Waals surface area contributed by atoms with Gasteiger partial charge in [-0.15, -0.1) is 0 Å². The van der Waals surface area contributed by atoms with Crippen LogP contribution < -0.4 is 5.32 Å². The Morgan fingerprint density at radius 1 is 1.12 bits per heavy atom. The first-order valence-corrected chi connectivity index (χ1v) is 7.69. The molecule has 0 saturated heterocycles. The Hall–Kier alpha value is -2.82. The van der Waals surface area contributed by atoms with Crippen molar-refractivity contribution in [3.05, 3.63) is 64.7 Å². The largest absolute Gasteiger partial charge is 0.508 e. The van der Waals surface area contributed by atoms with Crippen LogP contribution in [0.25, 0.3) is 0 Å². The number of esters is 1. The van der Waals surface area contributed by atoms with Crippen LogP contribution in [0.2, 0.25) is 0 Å². The molecule has 0 saturated carbocycles. The maximum Gasteiger partial charge on any atom is 0.338 e. The van der Waals surface area contributed by atoms with Crippen molar-refractivity contribution in [1.29, 1.82) is 0 Å². The lowest BCUT2D eigenvalue weighted by Crippen LogP contribution is -2.31. The molecule has 0 aliphatic carbocycles. The number of rotatable bonds is 5. The van der Waals surface area contributed by atoms with Gasteiger partial charge in [0, 0.05) is 0 Å². The van der Waals surface area contributed by atoms with Gasteiger partial charge in [-0.1, -0.05) is 24.3 Å². The lowest BCUT2D eigenvalue weighted by molar-refractivity contribution is -0.124. The van der Waals surface area contributed by atoms with Gasteiger partial charge in [-0.2, -0.15) is 0 Å². The van der Waals surface area contributed by atoms with Crippen LogP contribution in [0.3, 0.4) is 0 Å². The second kappa shape index (κ2) is 7.64. The normalized spacial score (nSPS) is 11.6. The van der Waals surface area contributed by atoms with Gasteiger partial charge in [0.2, 0.25) is 0 Å². The van der Waals surface area contributed by atoms with E-state index in [1.165, 1.54) is 29.8 Å². The number of nitrogens with one attached hydrogen (secondary N) is 1. The Morgan fingerprint density at radius 3 is 2.54 bits per heavy atom. The van der Waals surface area contributed by atoms with Crippen LogP contribution in [-0.2, 0) is 9.53 Å². The highest BCUT2D eigenvalue weighted by Crippen LogP contribution is 2.16. The SMILES string of the molecule is Cc1ccc(C(C)NC(=O)COC(=O)c2cccc(O)c2)cc1C. The monoisotopic (exact) mass is 327 g/mol. The third-order valence-corrected chi connectivity index (χ3v) is 3.82. The molecule has 0 heterocycles. The van der Waals surface area contributed by atoms with E-state index in [4.69, 9.17) is 4.74 Å². The van der Waals surface area contributed by atoms with E-state index in [0.29, 0.717) is 0 Å². The van der Waals surface area contributed by atoms with Gasteiger partial charge in [0.05, 0.1) is 11.6 Å². The molecule has 0 spiro atoms. The van der Waals surface area contributed by atoms with Crippen molar-refractivity contribution < 1.29 is 19.4 Å². The molecule has 5 heteroatoms. The Balaban J connectivity index is 1.88. The zero-order valence-electron chi connectivity index (χ0n) is 14.0. The number of benzene rings is 2. The predicted molar refractivity (Wildman–Crippen MR) is 90.9 cm³/mol. The molecule has 0 fully saturated rings. The molecule has 0 aromatic heterocycles. The number of carbonyl (C=O) groups excluding carboxylic acids is 2. The second-order valence-electron chi connectivity index (χ2n) is 5.76. The standard InChI is InChI=1S/C19H21NO4/c1-12-7-8-15(9-13(12)2)14(3)20-18(22)11-24-19(23)16-5-4-6-17(21)10-16/h4-10,14,21H,11H2,1-3H3,(H,20,22). The molecule has 0 bridgehead atoms. The Labute approximate surface area is 141 Å². The summed E-state index contributed by atoms with van der Waals surface area (Å²) in [5, 5.41) is 12.1. The van der Waals surface area contributed by atoms with Gasteiger partial charge in [0.1, 0.15) is 5.75 Å². The zero-order valence-corrected chi connectivity index (χ0v) is 14.0. The van der Waals surface area contributed by atoms with Gasteiger partial charge in [-0.05, 0) is 55.7 Å². The van der Waals surface area contributed by atoms with E-state index in [-0.39, 0.29) is 29.9 Å². The van der Waals surface area contributed by atoms with Gasteiger partial charge in [0.25, 0.3) is 5.91 Å². The van der Waals surface area contributed by atoms with Crippen LogP contribution in [0, 0.1) is 13.8 Å². The van der Waals surface area contributed by atoms with E-state index in [2.05, 4.69) is 5.32 Å². The fourth-order valence-corrected chi connectivity index (χ4v) is 2.25. The van der Waals surface area contributed by atoms with E-state index in [0.717, 1.165) is 11.1 Å². The van der Waals surface area contributed by atoms with Gasteiger partial charge in [-0.3, -0.25) is 4.79 Å². The fraction of sp³-hybridized carbons (Fsp3) is 0.263. The highest BCUT2D eigenvalue weighted by molar-refractivity contribution is 5.91. The average Bonchev–Trinajstić information content (AvgIpc) is 2.55. The summed E-state index contributed by atoms with van der Waals surface area (Å²) in [6, 6.07) is 11.6. The van der Waals surface area contributed by atoms with E-state index >= 15 is 0 Å². The quantitative estimate of drug-likeness (QED) is 0.828. The second-order valence-corrected chi connectivity index (χ2v) is 5.76. The summed E-state index contributed by atoms with van der Waals surface area (Å²) in [7, 11) is 0. The van der Waals surface area contributed by atoms with Gasteiger partial charge in [0.15, 0.2) is 6.61 Å². The summed E-state index contributed by atoms with van der Waals surface area (Å²) in [5.74, 6) is -1.06. The highest BCUT2D eigenvalue weighted by atomic mass is 16.5. The third kappa shape index (κ3) is 4.59. The average molecular weight is 327 g/mol. The predicted octanol–water partition coefficient (Wildman–Crippen LogP) is 3.04. The van der Waals surface area contributed by atoms with Crippen LogP contribution in [0.1, 0.15) is 40.0 Å². The van der Waals surface area contributed by atoms with E-state index < -0.39 is 5.97 Å². The molecular weight excluding hydrogens is 306 g/mol. The Morgan fingerprint density at radius 2 is 1.88 bits per heavy atom. The number of phenols is 1. The molecular formula is C19H21NO4. The summed E-state index contributed by atoms with van der Waals surface area (Å²) in [6.45, 7) is 5.55. The topological polar surface area (TPSA) is 75.6 Å². The number of carbonyl (C=O) groups is 2. The number of amides is 1. The number of aromatic hydroxyl groups is 1. The molecule has 0 radical (unpaired) electrons. The molecule has 2 rings (SSSR count). The van der Waals surface area contributed by atoms with Gasteiger partial charge in [-0.25, -0.2) is 4.79 Å². The molecule has 126 valence electrons. The van der Waals surface area contributed by atoms with Crippen LogP contribution in [0.15, 0.2) is 42.5 Å². The lowest BCUT2D eigenvalue weighted by atomic mass is 10.0. The van der Waals surface area contributed by atoms with Crippen molar-refractivity contribution in [2.75, 3.05) is 6.61 Å². The summed E-state index contributed by atoms with van der Waals surface area (Å²) in [4.78, 5) is 23.8. The maximum absolute atomic E-state index is 11.9. The first-order valence-electron chi connectivity index (χ1n) is 7.69. The smallest absolute Gasteiger partial charge is 0.338 e. The van der Waals surface area contributed by atoms with Crippen molar-refractivity contribution in [2.24, 2.45) is 0 Å². The number of phenolic OH excluding ortho intramolecular Hbond substituents is 1. The van der Waals surface area contributed by atoms with Gasteiger partial charge >= 0.3 is 5.97 Å². The molecule has 1 unspecified atom stereocenters. The van der Waals surface area contributed by atoms with Crippen LogP contribution in [-0.4, -0.2) is 23.6 Å². The van der Waals surface area contributed by atoms with Crippen molar-refractivity contribution >= 4 is 11.9 Å². The van der Waals surface area contributed by atoms with Crippen LogP contribution >= 0.6 is 0 Å². The molecule has 1 atom stereocenters. The van der Waals surface area contributed by atoms with Crippen molar-refractivity contribution in [1.82, 2.24) is 5.32 Å². The molecule has 1 amide bonds. The molecule has 0 aliphatic rings. The first-order chi connectivity index (χ1) is 11.4. The lowest BCUT2D eigenvalue weighted by Gasteiger charge is -2.15. The highest BCUT2D eigenvalue weighted by Gasteiger charge is 2.13. The Kier molecular flexibility index (Phi) is 5.58. The number of hydrogen-bond donors (Lipinski definition) is 2. The fourth-order valence-electron chi connectivity index (χ4n) is 2.25. The van der Waals surface area contributed by atoms with Crippen molar-refractivity contribution in [3.63, 3.8) is 0 Å². The zero-order chi connectivity index (χ0) is 17.7. The van der Waals surface area contributed by atoms with E-state index in [9.17, 15) is 14.7 Å². The molecule has 2 aromatic rings. The minimum Gasteiger partial charge on any atom is -0.508 e. The molecule has 2 aromatic carbocycles. The minimum absolute atomic E-state index is 0.0303. The summed E-state index contributed by atoms with van der Waals surface area (Å²) >= 11 is 0. The van der Waals surface area contributed by atoms with Crippen molar-refractivity contribution in [2.45, 2.75) is 26.8 Å². The van der Waals surface area contributed by atoms with Gasteiger partial charge < -0.3 is 15.2 Å². The van der Waals surface area contributed by atoms with E-state index in [1.54, 1.807) is 0 Å². The molecule has 2 N–H and O–H groups in total. The summed E-state index contributed by atoms with van der Waals surface area (Å²) in [5.41, 5.74) is 3.54. The van der Waals surface area contributed by atoms with Crippen LogP contribution in [0.4, 0.5) is 0 Å². The molecule has 24 heavy (non-hydrogen) atoms. The number of aryl methyl sites for hydroxylation is 2. The maximum atomic E-state index is 11.9. The summed E-state index contributed by atoms with van der Waals surface area (Å²) < 4.78 is 4.96. The van der Waals surface area contributed by atoms with Crippen molar-refractivity contribution in [3.8, 4) is 5.75 Å². The number of ether oxygens (including phenoxy) is 1. The first kappa shape index (κ1) is 17.5. The minimum atomic E-state index is -0.653. The summed E-state index contributed by atoms with van der Waals surface area (Å²) in [6.07, 6.45) is 0. The third-order valence-electron chi connectivity index (χ3n) is 3.82. The van der Waals surface area contributed by atoms with E-state index in [1.807, 2.05) is 39.0 Å². The number of hydrogen-bond acceptors (Lipinski definition) is 4. The Bertz CT molecular complexity index is 755. The van der Waals surface area contributed by atoms with Crippen LogP contribution in [0.5, 0.6) is 5.75 Å². The molecule has 5 nitrogen and oxygen atoms in total. The molecule has 0 aliphatic heterocycles.